The van der Waals surface area contributed by atoms with Crippen LogP contribution in [0.25, 0.3) is 0 Å². The predicted octanol–water partition coefficient (Wildman–Crippen LogP) is 5.75. The van der Waals surface area contributed by atoms with Crippen molar-refractivity contribution in [1.82, 2.24) is 4.98 Å². The van der Waals surface area contributed by atoms with E-state index in [-0.39, 0.29) is 23.3 Å². The predicted molar refractivity (Wildman–Crippen MR) is 121 cm³/mol. The van der Waals surface area contributed by atoms with Gasteiger partial charge in [-0.3, -0.25) is 4.79 Å². The fourth-order valence-electron chi connectivity index (χ4n) is 4.42. The van der Waals surface area contributed by atoms with Gasteiger partial charge < -0.3 is 14.4 Å². The SMILES string of the molecule is O=C1CCC(c2ccccc2)c2cc(Oc3c(F)c(N4CCOCC4)nc(F)c3Cl)ccc21. The van der Waals surface area contributed by atoms with Gasteiger partial charge in [-0.2, -0.15) is 13.8 Å². The van der Waals surface area contributed by atoms with Gasteiger partial charge in [-0.25, -0.2) is 0 Å². The molecule has 1 fully saturated rings. The minimum absolute atomic E-state index is 0.000793. The van der Waals surface area contributed by atoms with Crippen molar-refractivity contribution in [1.29, 1.82) is 0 Å². The van der Waals surface area contributed by atoms with Crippen LogP contribution in [0.3, 0.4) is 0 Å². The number of carbonyl (C=O) groups excluding carboxylic acids is 1. The Morgan fingerprint density at radius 2 is 1.85 bits per heavy atom. The maximum Gasteiger partial charge on any atom is 0.237 e. The van der Waals surface area contributed by atoms with E-state index in [2.05, 4.69) is 4.98 Å². The molecule has 3 aromatic rings. The number of rotatable bonds is 4. The van der Waals surface area contributed by atoms with E-state index < -0.39 is 22.5 Å². The Morgan fingerprint density at radius 1 is 1.09 bits per heavy atom. The Morgan fingerprint density at radius 3 is 2.61 bits per heavy atom. The number of pyridine rings is 1. The quantitative estimate of drug-likeness (QED) is 0.454. The van der Waals surface area contributed by atoms with E-state index in [1.807, 2.05) is 30.3 Å². The molecule has 5 nitrogen and oxygen atoms in total. The molecule has 0 bridgehead atoms. The highest BCUT2D eigenvalue weighted by molar-refractivity contribution is 6.32. The zero-order valence-corrected chi connectivity index (χ0v) is 18.4. The molecule has 0 spiro atoms. The van der Waals surface area contributed by atoms with Crippen LogP contribution in [0, 0.1) is 11.8 Å². The number of Topliss-reactive ketones (excluding diaryl/α,β-unsaturated/α-hetero) is 1. The van der Waals surface area contributed by atoms with E-state index >= 15 is 4.39 Å². The molecule has 33 heavy (non-hydrogen) atoms. The van der Waals surface area contributed by atoms with Crippen molar-refractivity contribution < 1.29 is 23.0 Å². The minimum atomic E-state index is -1.01. The van der Waals surface area contributed by atoms with Crippen molar-refractivity contribution >= 4 is 23.2 Å². The summed E-state index contributed by atoms with van der Waals surface area (Å²) in [5, 5.41) is -0.530. The lowest BCUT2D eigenvalue weighted by Gasteiger charge is -2.28. The fraction of sp³-hybridized carbons (Fsp3) is 0.280. The van der Waals surface area contributed by atoms with Crippen molar-refractivity contribution in [3.05, 3.63) is 82.0 Å². The highest BCUT2D eigenvalue weighted by Crippen LogP contribution is 2.41. The summed E-state index contributed by atoms with van der Waals surface area (Å²) in [7, 11) is 0. The summed E-state index contributed by atoms with van der Waals surface area (Å²) in [5.41, 5.74) is 2.50. The Bertz CT molecular complexity index is 1200. The second-order valence-corrected chi connectivity index (χ2v) is 8.44. The van der Waals surface area contributed by atoms with Crippen LogP contribution in [0.4, 0.5) is 14.6 Å². The van der Waals surface area contributed by atoms with Gasteiger partial charge in [0.05, 0.1) is 13.2 Å². The van der Waals surface area contributed by atoms with E-state index in [1.54, 1.807) is 23.1 Å². The molecule has 0 N–H and O–H groups in total. The van der Waals surface area contributed by atoms with Crippen molar-refractivity contribution in [3.63, 3.8) is 0 Å². The molecule has 1 aromatic heterocycles. The Balaban J connectivity index is 1.53. The largest absolute Gasteiger partial charge is 0.452 e. The summed E-state index contributed by atoms with van der Waals surface area (Å²) in [5.74, 6) is -2.11. The monoisotopic (exact) mass is 470 g/mol. The van der Waals surface area contributed by atoms with Crippen molar-refractivity contribution in [3.8, 4) is 11.5 Å². The Labute approximate surface area is 194 Å². The molecule has 1 unspecified atom stereocenters. The highest BCUT2D eigenvalue weighted by atomic mass is 35.5. The third kappa shape index (κ3) is 4.18. The molecule has 2 heterocycles. The van der Waals surface area contributed by atoms with Gasteiger partial charge in [0, 0.05) is 31.0 Å². The van der Waals surface area contributed by atoms with Crippen LogP contribution >= 0.6 is 11.6 Å². The first-order chi connectivity index (χ1) is 16.0. The molecule has 5 rings (SSSR count). The second kappa shape index (κ2) is 9.08. The van der Waals surface area contributed by atoms with Gasteiger partial charge in [0.25, 0.3) is 0 Å². The number of morpholine rings is 1. The Kier molecular flexibility index (Phi) is 6.00. The average Bonchev–Trinajstić information content (AvgIpc) is 2.85. The van der Waals surface area contributed by atoms with Gasteiger partial charge in [-0.1, -0.05) is 41.9 Å². The van der Waals surface area contributed by atoms with Gasteiger partial charge in [-0.05, 0) is 35.7 Å². The van der Waals surface area contributed by atoms with E-state index in [1.165, 1.54) is 0 Å². The first kappa shape index (κ1) is 21.8. The summed E-state index contributed by atoms with van der Waals surface area (Å²) in [6.45, 7) is 1.54. The van der Waals surface area contributed by atoms with E-state index in [4.69, 9.17) is 21.1 Å². The second-order valence-electron chi connectivity index (χ2n) is 8.06. The Hall–Kier alpha value is -3.03. The van der Waals surface area contributed by atoms with Crippen LogP contribution in [0.5, 0.6) is 11.5 Å². The molecular formula is C25H21ClF2N2O3. The number of ketones is 1. The van der Waals surface area contributed by atoms with Crippen LogP contribution in [-0.2, 0) is 4.74 Å². The van der Waals surface area contributed by atoms with Crippen molar-refractivity contribution in [2.45, 2.75) is 18.8 Å². The number of hydrogen-bond donors (Lipinski definition) is 0. The molecule has 1 aliphatic carbocycles. The van der Waals surface area contributed by atoms with Gasteiger partial charge in [0.15, 0.2) is 17.4 Å². The number of aromatic nitrogens is 1. The lowest BCUT2D eigenvalue weighted by molar-refractivity contribution is 0.0969. The molecule has 2 aliphatic rings. The molecule has 0 radical (unpaired) electrons. The minimum Gasteiger partial charge on any atom is -0.452 e. The molecule has 1 atom stereocenters. The van der Waals surface area contributed by atoms with Crippen LogP contribution in [-0.4, -0.2) is 37.1 Å². The van der Waals surface area contributed by atoms with E-state index in [9.17, 15) is 9.18 Å². The molecule has 0 amide bonds. The van der Waals surface area contributed by atoms with Gasteiger partial charge >= 0.3 is 0 Å². The summed E-state index contributed by atoms with van der Waals surface area (Å²) < 4.78 is 40.9. The average molecular weight is 471 g/mol. The molecule has 170 valence electrons. The van der Waals surface area contributed by atoms with Gasteiger partial charge in [0.1, 0.15) is 10.8 Å². The zero-order chi connectivity index (χ0) is 22.9. The summed E-state index contributed by atoms with van der Waals surface area (Å²) >= 11 is 6.05. The van der Waals surface area contributed by atoms with Gasteiger partial charge in [0.2, 0.25) is 11.8 Å². The first-order valence-electron chi connectivity index (χ1n) is 10.8. The molecular weight excluding hydrogens is 450 g/mol. The summed E-state index contributed by atoms with van der Waals surface area (Å²) in [4.78, 5) is 17.8. The smallest absolute Gasteiger partial charge is 0.237 e. The summed E-state index contributed by atoms with van der Waals surface area (Å²) in [6, 6.07) is 14.8. The molecule has 2 aromatic carbocycles. The number of ether oxygens (including phenoxy) is 2. The molecule has 1 saturated heterocycles. The van der Waals surface area contributed by atoms with E-state index in [0.717, 1.165) is 11.1 Å². The number of carbonyl (C=O) groups is 1. The number of hydrogen-bond acceptors (Lipinski definition) is 5. The molecule has 0 saturated carbocycles. The summed E-state index contributed by atoms with van der Waals surface area (Å²) in [6.07, 6.45) is 1.12. The van der Waals surface area contributed by atoms with Crippen LogP contribution < -0.4 is 9.64 Å². The lowest BCUT2D eigenvalue weighted by Crippen LogP contribution is -2.37. The normalized spacial score (nSPS) is 18.2. The zero-order valence-electron chi connectivity index (χ0n) is 17.7. The number of nitrogens with zero attached hydrogens (tertiary/aromatic N) is 2. The molecule has 8 heteroatoms. The van der Waals surface area contributed by atoms with Gasteiger partial charge in [-0.15, -0.1) is 0 Å². The number of halogens is 3. The van der Waals surface area contributed by atoms with Crippen LogP contribution in [0.1, 0.15) is 40.2 Å². The van der Waals surface area contributed by atoms with Crippen molar-refractivity contribution in [2.24, 2.45) is 0 Å². The highest BCUT2D eigenvalue weighted by Gasteiger charge is 2.29. The standard InChI is InChI=1S/C25H21ClF2N2O3/c26-21-23(22(27)25(29-24(21)28)30-10-12-32-13-11-30)33-16-6-7-18-19(14-16)17(8-9-20(18)31)15-4-2-1-3-5-15/h1-7,14,17H,8-13H2. The van der Waals surface area contributed by atoms with Crippen molar-refractivity contribution in [2.75, 3.05) is 31.2 Å². The lowest BCUT2D eigenvalue weighted by atomic mass is 9.78. The maximum absolute atomic E-state index is 15.4. The topological polar surface area (TPSA) is 51.7 Å². The van der Waals surface area contributed by atoms with E-state index in [0.29, 0.717) is 44.7 Å². The van der Waals surface area contributed by atoms with Crippen LogP contribution in [0.15, 0.2) is 48.5 Å². The first-order valence-corrected chi connectivity index (χ1v) is 11.2. The number of anilines is 1. The number of benzene rings is 2. The maximum atomic E-state index is 15.4. The molecule has 1 aliphatic heterocycles. The third-order valence-corrected chi connectivity index (χ3v) is 6.40. The van der Waals surface area contributed by atoms with Crippen LogP contribution in [0.2, 0.25) is 5.02 Å². The fourth-order valence-corrected chi connectivity index (χ4v) is 4.58. The third-order valence-electron chi connectivity index (χ3n) is 6.07. The number of fused-ring (bicyclic) bond motifs is 1.